The van der Waals surface area contributed by atoms with Gasteiger partial charge in [-0.2, -0.15) is 0 Å². The SMILES string of the molecule is CC(C)(C)NC(Cc1ccc(O)c([N+](=O)[O-])c1)C(=O)C(C)(C)C. The van der Waals surface area contributed by atoms with E-state index in [2.05, 4.69) is 5.32 Å². The van der Waals surface area contributed by atoms with Crippen LogP contribution in [0.25, 0.3) is 0 Å². The van der Waals surface area contributed by atoms with Crippen LogP contribution >= 0.6 is 0 Å². The molecule has 23 heavy (non-hydrogen) atoms. The summed E-state index contributed by atoms with van der Waals surface area (Å²) in [7, 11) is 0. The molecule has 1 aromatic carbocycles. The Hall–Kier alpha value is -1.95. The highest BCUT2D eigenvalue weighted by Crippen LogP contribution is 2.28. The third-order valence-electron chi connectivity index (χ3n) is 3.34. The number of nitrogens with one attached hydrogen (secondary N) is 1. The summed E-state index contributed by atoms with van der Waals surface area (Å²) >= 11 is 0. The van der Waals surface area contributed by atoms with Crippen molar-refractivity contribution in [1.29, 1.82) is 0 Å². The molecule has 0 saturated heterocycles. The molecule has 0 heterocycles. The molecule has 0 aliphatic rings. The van der Waals surface area contributed by atoms with Crippen LogP contribution in [-0.2, 0) is 11.2 Å². The minimum absolute atomic E-state index is 0.0446. The van der Waals surface area contributed by atoms with Crippen LogP contribution in [0.4, 0.5) is 5.69 Å². The number of phenolic OH excluding ortho intramolecular Hbond substituents is 1. The van der Waals surface area contributed by atoms with Gasteiger partial charge in [-0.05, 0) is 38.8 Å². The van der Waals surface area contributed by atoms with Gasteiger partial charge in [0.2, 0.25) is 0 Å². The number of benzene rings is 1. The fourth-order valence-electron chi connectivity index (χ4n) is 2.33. The van der Waals surface area contributed by atoms with E-state index in [-0.39, 0.29) is 22.8 Å². The maximum atomic E-state index is 12.7. The highest BCUT2D eigenvalue weighted by atomic mass is 16.6. The molecule has 0 bridgehead atoms. The summed E-state index contributed by atoms with van der Waals surface area (Å²) in [6.07, 6.45) is 0.328. The molecule has 0 spiro atoms. The van der Waals surface area contributed by atoms with Crippen LogP contribution in [0.3, 0.4) is 0 Å². The number of hydrogen-bond donors (Lipinski definition) is 2. The number of nitro benzene ring substituents is 1. The van der Waals surface area contributed by atoms with Gasteiger partial charge in [0.25, 0.3) is 0 Å². The van der Waals surface area contributed by atoms with Gasteiger partial charge in [-0.15, -0.1) is 0 Å². The average molecular weight is 322 g/mol. The number of hydrogen-bond acceptors (Lipinski definition) is 5. The molecule has 1 aromatic rings. The number of nitro groups is 1. The summed E-state index contributed by atoms with van der Waals surface area (Å²) in [4.78, 5) is 23.0. The molecule has 0 amide bonds. The zero-order valence-corrected chi connectivity index (χ0v) is 14.6. The van der Waals surface area contributed by atoms with Gasteiger partial charge in [0.1, 0.15) is 0 Å². The first kappa shape index (κ1) is 19.1. The van der Waals surface area contributed by atoms with Crippen molar-refractivity contribution in [3.05, 3.63) is 33.9 Å². The molecule has 0 aromatic heterocycles. The van der Waals surface area contributed by atoms with E-state index in [1.54, 1.807) is 6.07 Å². The van der Waals surface area contributed by atoms with E-state index in [9.17, 15) is 20.0 Å². The molecule has 6 heteroatoms. The second-order valence-corrected chi connectivity index (χ2v) is 7.85. The Labute approximate surface area is 137 Å². The van der Waals surface area contributed by atoms with E-state index >= 15 is 0 Å². The van der Waals surface area contributed by atoms with Gasteiger partial charge in [0.05, 0.1) is 11.0 Å². The van der Waals surface area contributed by atoms with E-state index in [0.29, 0.717) is 12.0 Å². The topological polar surface area (TPSA) is 92.5 Å². The van der Waals surface area contributed by atoms with Crippen LogP contribution in [0.1, 0.15) is 47.1 Å². The van der Waals surface area contributed by atoms with E-state index in [1.807, 2.05) is 41.5 Å². The Morgan fingerprint density at radius 2 is 1.83 bits per heavy atom. The number of nitrogens with zero attached hydrogens (tertiary/aromatic N) is 1. The molecule has 1 atom stereocenters. The lowest BCUT2D eigenvalue weighted by Gasteiger charge is -2.32. The fraction of sp³-hybridized carbons (Fsp3) is 0.588. The van der Waals surface area contributed by atoms with Gasteiger partial charge in [0.15, 0.2) is 11.5 Å². The molecular weight excluding hydrogens is 296 g/mol. The average Bonchev–Trinajstić information content (AvgIpc) is 2.36. The minimum Gasteiger partial charge on any atom is -0.502 e. The molecule has 128 valence electrons. The largest absolute Gasteiger partial charge is 0.502 e. The number of aromatic hydroxyl groups is 1. The predicted molar refractivity (Wildman–Crippen MR) is 89.6 cm³/mol. The third kappa shape index (κ3) is 5.63. The Kier molecular flexibility index (Phi) is 5.53. The molecule has 1 rings (SSSR count). The van der Waals surface area contributed by atoms with E-state index < -0.39 is 16.4 Å². The van der Waals surface area contributed by atoms with Gasteiger partial charge in [0, 0.05) is 17.0 Å². The number of Topliss-reactive ketones (excluding diaryl/α,β-unsaturated/α-hetero) is 1. The molecule has 0 aliphatic heterocycles. The van der Waals surface area contributed by atoms with Gasteiger partial charge in [-0.25, -0.2) is 0 Å². The van der Waals surface area contributed by atoms with Crippen LogP contribution in [0.5, 0.6) is 5.75 Å². The molecule has 0 aliphatic carbocycles. The summed E-state index contributed by atoms with van der Waals surface area (Å²) in [5.74, 6) is -0.329. The number of ketones is 1. The number of phenols is 1. The normalized spacial score (nSPS) is 13.7. The zero-order valence-electron chi connectivity index (χ0n) is 14.6. The first-order valence-corrected chi connectivity index (χ1v) is 7.59. The Balaban J connectivity index is 3.13. The van der Waals surface area contributed by atoms with Gasteiger partial charge >= 0.3 is 5.69 Å². The second kappa shape index (κ2) is 6.66. The maximum Gasteiger partial charge on any atom is 0.310 e. The number of carbonyl (C=O) groups is 1. The van der Waals surface area contributed by atoms with Crippen molar-refractivity contribution in [1.82, 2.24) is 5.32 Å². The van der Waals surface area contributed by atoms with Gasteiger partial charge in [-0.1, -0.05) is 26.8 Å². The Morgan fingerprint density at radius 1 is 1.26 bits per heavy atom. The first-order chi connectivity index (χ1) is 10.3. The molecular formula is C17H26N2O4. The fourth-order valence-corrected chi connectivity index (χ4v) is 2.33. The van der Waals surface area contributed by atoms with Crippen LogP contribution in [0, 0.1) is 15.5 Å². The molecule has 1 unspecified atom stereocenters. The number of rotatable bonds is 5. The van der Waals surface area contributed by atoms with E-state index in [0.717, 1.165) is 0 Å². The minimum atomic E-state index is -0.628. The molecule has 6 nitrogen and oxygen atoms in total. The van der Waals surface area contributed by atoms with Crippen LogP contribution in [0.15, 0.2) is 18.2 Å². The predicted octanol–water partition coefficient (Wildman–Crippen LogP) is 3.21. The van der Waals surface area contributed by atoms with Crippen LogP contribution < -0.4 is 5.32 Å². The summed E-state index contributed by atoms with van der Waals surface area (Å²) in [5.41, 5.74) is -0.505. The van der Waals surface area contributed by atoms with Crippen LogP contribution in [0.2, 0.25) is 0 Å². The zero-order chi connectivity index (χ0) is 18.0. The number of carbonyl (C=O) groups excluding carboxylic acids is 1. The maximum absolute atomic E-state index is 12.7. The van der Waals surface area contributed by atoms with Crippen molar-refractivity contribution in [2.45, 2.75) is 59.5 Å². The summed E-state index contributed by atoms with van der Waals surface area (Å²) in [6, 6.07) is 3.76. The quantitative estimate of drug-likeness (QED) is 0.641. The summed E-state index contributed by atoms with van der Waals surface area (Å²) in [5, 5.41) is 23.8. The van der Waals surface area contributed by atoms with Crippen molar-refractivity contribution in [2.75, 3.05) is 0 Å². The molecule has 0 saturated carbocycles. The summed E-state index contributed by atoms with van der Waals surface area (Å²) in [6.45, 7) is 11.5. The third-order valence-corrected chi connectivity index (χ3v) is 3.34. The van der Waals surface area contributed by atoms with Crippen molar-refractivity contribution in [3.63, 3.8) is 0 Å². The lowest BCUT2D eigenvalue weighted by Crippen LogP contribution is -2.51. The van der Waals surface area contributed by atoms with Crippen molar-refractivity contribution in [2.24, 2.45) is 5.41 Å². The Bertz CT molecular complexity index is 598. The molecule has 0 radical (unpaired) electrons. The lowest BCUT2D eigenvalue weighted by molar-refractivity contribution is -0.385. The van der Waals surface area contributed by atoms with Gasteiger partial charge in [-0.3, -0.25) is 14.9 Å². The van der Waals surface area contributed by atoms with E-state index in [4.69, 9.17) is 0 Å². The molecule has 0 fully saturated rings. The second-order valence-electron chi connectivity index (χ2n) is 7.85. The highest BCUT2D eigenvalue weighted by molar-refractivity contribution is 5.89. The lowest BCUT2D eigenvalue weighted by atomic mass is 9.83. The first-order valence-electron chi connectivity index (χ1n) is 7.59. The van der Waals surface area contributed by atoms with Crippen LogP contribution in [-0.4, -0.2) is 27.4 Å². The van der Waals surface area contributed by atoms with Crippen molar-refractivity contribution >= 4 is 11.5 Å². The standard InChI is InChI=1S/C17H26N2O4/c1-16(2,3)15(21)12(18-17(4,5)6)9-11-7-8-14(20)13(10-11)19(22)23/h7-8,10,12,18,20H,9H2,1-6H3. The smallest absolute Gasteiger partial charge is 0.310 e. The van der Waals surface area contributed by atoms with Crippen molar-refractivity contribution in [3.8, 4) is 5.75 Å². The molecule has 2 N–H and O–H groups in total. The highest BCUT2D eigenvalue weighted by Gasteiger charge is 2.32. The Morgan fingerprint density at radius 3 is 2.26 bits per heavy atom. The summed E-state index contributed by atoms with van der Waals surface area (Å²) < 4.78 is 0. The van der Waals surface area contributed by atoms with E-state index in [1.165, 1.54) is 12.1 Å². The van der Waals surface area contributed by atoms with Crippen molar-refractivity contribution < 1.29 is 14.8 Å². The monoisotopic (exact) mass is 322 g/mol. The van der Waals surface area contributed by atoms with Gasteiger partial charge < -0.3 is 10.4 Å².